The van der Waals surface area contributed by atoms with E-state index in [1.165, 1.54) is 6.07 Å². The van der Waals surface area contributed by atoms with Crippen LogP contribution < -0.4 is 14.2 Å². The van der Waals surface area contributed by atoms with E-state index < -0.39 is 6.61 Å². The van der Waals surface area contributed by atoms with Crippen molar-refractivity contribution in [2.75, 3.05) is 26.4 Å². The van der Waals surface area contributed by atoms with E-state index in [1.54, 1.807) is 17.9 Å². The predicted molar refractivity (Wildman–Crippen MR) is 85.9 cm³/mol. The van der Waals surface area contributed by atoms with Crippen molar-refractivity contribution in [3.63, 3.8) is 0 Å². The summed E-state index contributed by atoms with van der Waals surface area (Å²) < 4.78 is 40.8. The van der Waals surface area contributed by atoms with Gasteiger partial charge in [0.05, 0.1) is 0 Å². The lowest BCUT2D eigenvalue weighted by molar-refractivity contribution is -0.134. The minimum Gasteiger partial charge on any atom is -0.454 e. The second kappa shape index (κ2) is 6.67. The van der Waals surface area contributed by atoms with Crippen LogP contribution in [-0.4, -0.2) is 54.3 Å². The number of amides is 1. The Morgan fingerprint density at radius 2 is 1.96 bits per heavy atom. The van der Waals surface area contributed by atoms with Gasteiger partial charge in [0, 0.05) is 50.3 Å². The normalized spacial score (nSPS) is 19.4. The number of halogens is 2. The fourth-order valence-electron chi connectivity index (χ4n) is 3.25. The Morgan fingerprint density at radius 3 is 2.56 bits per heavy atom. The van der Waals surface area contributed by atoms with Crippen LogP contribution in [0.15, 0.2) is 12.1 Å². The largest absolute Gasteiger partial charge is 0.454 e. The molecule has 1 saturated heterocycles. The monoisotopic (exact) mass is 356 g/mol. The van der Waals surface area contributed by atoms with E-state index in [0.29, 0.717) is 43.2 Å². The lowest BCUT2D eigenvalue weighted by Gasteiger charge is -2.47. The molecule has 1 amide bonds. The molecule has 0 atom stereocenters. The summed E-state index contributed by atoms with van der Waals surface area (Å²) in [6, 6.07) is 3.14. The molecule has 6 nitrogen and oxygen atoms in total. The smallest absolute Gasteiger partial charge is 0.387 e. The molecular formula is C17H22F2N2O4. The van der Waals surface area contributed by atoms with Crippen LogP contribution in [0.1, 0.15) is 26.3 Å². The van der Waals surface area contributed by atoms with Gasteiger partial charge >= 0.3 is 6.61 Å². The maximum absolute atomic E-state index is 12.8. The molecule has 2 aliphatic heterocycles. The third-order valence-electron chi connectivity index (χ3n) is 4.65. The van der Waals surface area contributed by atoms with E-state index in [0.717, 1.165) is 0 Å². The fraction of sp³-hybridized carbons (Fsp3) is 0.588. The highest BCUT2D eigenvalue weighted by Crippen LogP contribution is 2.40. The molecule has 1 aromatic rings. The first-order valence-electron chi connectivity index (χ1n) is 8.14. The Hall–Kier alpha value is -2.09. The summed E-state index contributed by atoms with van der Waals surface area (Å²) in [7, 11) is 0. The first-order valence-corrected chi connectivity index (χ1v) is 8.14. The lowest BCUT2D eigenvalue weighted by atomic mass is 9.97. The highest BCUT2D eigenvalue weighted by atomic mass is 19.3. The van der Waals surface area contributed by atoms with E-state index in [2.05, 4.69) is 9.64 Å². The number of ether oxygens (including phenoxy) is 3. The Balaban J connectivity index is 1.83. The maximum Gasteiger partial charge on any atom is 0.387 e. The average molecular weight is 356 g/mol. The minimum atomic E-state index is -2.92. The molecule has 0 aliphatic carbocycles. The summed E-state index contributed by atoms with van der Waals surface area (Å²) in [5.74, 6) is 1.05. The van der Waals surface area contributed by atoms with Gasteiger partial charge in [0.2, 0.25) is 12.7 Å². The zero-order chi connectivity index (χ0) is 18.2. The number of carbonyl (C=O) groups is 1. The Morgan fingerprint density at radius 1 is 1.28 bits per heavy atom. The molecule has 0 bridgehead atoms. The number of nitrogens with zero attached hydrogens (tertiary/aromatic N) is 2. The van der Waals surface area contributed by atoms with Crippen molar-refractivity contribution in [1.82, 2.24) is 9.80 Å². The third-order valence-corrected chi connectivity index (χ3v) is 4.65. The molecule has 0 unspecified atom stereocenters. The minimum absolute atomic E-state index is 0.0394. The molecule has 0 saturated carbocycles. The van der Waals surface area contributed by atoms with Gasteiger partial charge in [-0.2, -0.15) is 8.78 Å². The first kappa shape index (κ1) is 17.7. The molecule has 0 N–H and O–H groups in total. The molecule has 2 heterocycles. The van der Waals surface area contributed by atoms with Gasteiger partial charge in [-0.05, 0) is 19.9 Å². The number of hydrogen-bond donors (Lipinski definition) is 0. The highest BCUT2D eigenvalue weighted by molar-refractivity contribution is 5.73. The summed E-state index contributed by atoms with van der Waals surface area (Å²) in [6.45, 7) is 5.01. The van der Waals surface area contributed by atoms with Gasteiger partial charge in [-0.15, -0.1) is 0 Å². The molecule has 2 aliphatic rings. The maximum atomic E-state index is 12.8. The number of piperazine rings is 1. The second-order valence-electron chi connectivity index (χ2n) is 6.87. The van der Waals surface area contributed by atoms with E-state index in [1.807, 2.05) is 13.8 Å². The number of fused-ring (bicyclic) bond motifs is 1. The Labute approximate surface area is 145 Å². The fourth-order valence-corrected chi connectivity index (χ4v) is 3.25. The summed E-state index contributed by atoms with van der Waals surface area (Å²) in [5, 5.41) is 0. The van der Waals surface area contributed by atoms with Crippen molar-refractivity contribution < 1.29 is 27.8 Å². The van der Waals surface area contributed by atoms with Crippen LogP contribution in [0.3, 0.4) is 0 Å². The molecule has 8 heteroatoms. The number of rotatable bonds is 4. The first-order chi connectivity index (χ1) is 11.8. The van der Waals surface area contributed by atoms with Crippen molar-refractivity contribution in [3.8, 4) is 17.2 Å². The zero-order valence-electron chi connectivity index (χ0n) is 14.6. The van der Waals surface area contributed by atoms with Crippen LogP contribution in [0.2, 0.25) is 0 Å². The number of benzene rings is 1. The zero-order valence-corrected chi connectivity index (χ0v) is 14.6. The molecule has 1 fully saturated rings. The Kier molecular flexibility index (Phi) is 4.73. The highest BCUT2D eigenvalue weighted by Gasteiger charge is 2.35. The number of carbonyl (C=O) groups excluding carboxylic acids is 1. The van der Waals surface area contributed by atoms with Gasteiger partial charge in [-0.25, -0.2) is 0 Å². The van der Waals surface area contributed by atoms with Crippen LogP contribution in [0.4, 0.5) is 8.78 Å². The molecule has 0 spiro atoms. The summed E-state index contributed by atoms with van der Waals surface area (Å²) >= 11 is 0. The van der Waals surface area contributed by atoms with Crippen molar-refractivity contribution >= 4 is 5.91 Å². The molecule has 0 aromatic heterocycles. The molecule has 3 rings (SSSR count). The number of alkyl halides is 2. The van der Waals surface area contributed by atoms with E-state index in [4.69, 9.17) is 9.47 Å². The summed E-state index contributed by atoms with van der Waals surface area (Å²) in [5.41, 5.74) is 0.316. The molecule has 25 heavy (non-hydrogen) atoms. The SMILES string of the molecule is CC(=O)N1CCN(Cc2cc3c(cc2OC(F)F)OCO3)C(C)(C)C1. The van der Waals surface area contributed by atoms with E-state index in [-0.39, 0.29) is 24.0 Å². The van der Waals surface area contributed by atoms with Crippen molar-refractivity contribution in [2.45, 2.75) is 39.5 Å². The van der Waals surface area contributed by atoms with Gasteiger partial charge in [-0.3, -0.25) is 9.69 Å². The van der Waals surface area contributed by atoms with Crippen molar-refractivity contribution in [1.29, 1.82) is 0 Å². The van der Waals surface area contributed by atoms with Crippen molar-refractivity contribution in [2.24, 2.45) is 0 Å². The van der Waals surface area contributed by atoms with Gasteiger partial charge in [0.15, 0.2) is 11.5 Å². The van der Waals surface area contributed by atoms with Gasteiger partial charge < -0.3 is 19.1 Å². The lowest BCUT2D eigenvalue weighted by Crippen LogP contribution is -2.59. The average Bonchev–Trinajstić information content (AvgIpc) is 2.95. The molecular weight excluding hydrogens is 334 g/mol. The standard InChI is InChI=1S/C17H22F2N2O4/c1-11(22)20-4-5-21(17(2,3)9-20)8-12-6-14-15(24-10-23-14)7-13(12)25-16(18)19/h6-7,16H,4-5,8-10H2,1-3H3. The van der Waals surface area contributed by atoms with Gasteiger partial charge in [0.25, 0.3) is 0 Å². The van der Waals surface area contributed by atoms with Crippen LogP contribution in [0.25, 0.3) is 0 Å². The van der Waals surface area contributed by atoms with Crippen LogP contribution in [0, 0.1) is 0 Å². The van der Waals surface area contributed by atoms with E-state index in [9.17, 15) is 13.6 Å². The molecule has 1 aromatic carbocycles. The molecule has 138 valence electrons. The summed E-state index contributed by atoms with van der Waals surface area (Å²) in [4.78, 5) is 15.6. The van der Waals surface area contributed by atoms with Crippen LogP contribution >= 0.6 is 0 Å². The van der Waals surface area contributed by atoms with E-state index >= 15 is 0 Å². The summed E-state index contributed by atoms with van der Waals surface area (Å²) in [6.07, 6.45) is 0. The predicted octanol–water partition coefficient (Wildman–Crippen LogP) is 2.46. The number of hydrogen-bond acceptors (Lipinski definition) is 5. The van der Waals surface area contributed by atoms with Crippen LogP contribution in [0.5, 0.6) is 17.2 Å². The van der Waals surface area contributed by atoms with Crippen LogP contribution in [-0.2, 0) is 11.3 Å². The van der Waals surface area contributed by atoms with Gasteiger partial charge in [-0.1, -0.05) is 0 Å². The molecule has 0 radical (unpaired) electrons. The topological polar surface area (TPSA) is 51.2 Å². The second-order valence-corrected chi connectivity index (χ2v) is 6.87. The van der Waals surface area contributed by atoms with Gasteiger partial charge in [0.1, 0.15) is 5.75 Å². The Bertz CT molecular complexity index is 666. The quantitative estimate of drug-likeness (QED) is 0.830. The third kappa shape index (κ3) is 3.78. The van der Waals surface area contributed by atoms with Crippen molar-refractivity contribution in [3.05, 3.63) is 17.7 Å².